The lowest BCUT2D eigenvalue weighted by atomic mass is 9.70. The van der Waals surface area contributed by atoms with Crippen LogP contribution < -0.4 is 21.0 Å². The van der Waals surface area contributed by atoms with Gasteiger partial charge in [-0.25, -0.2) is 4.98 Å². The Kier molecular flexibility index (Phi) is 6.55. The van der Waals surface area contributed by atoms with Gasteiger partial charge in [0.15, 0.2) is 0 Å². The van der Waals surface area contributed by atoms with Gasteiger partial charge in [-0.1, -0.05) is 38.5 Å². The smallest absolute Gasteiger partial charge is 0.250 e. The lowest BCUT2D eigenvalue weighted by Gasteiger charge is -2.54. The molecular weight excluding hydrogens is 532 g/mol. The summed E-state index contributed by atoms with van der Waals surface area (Å²) in [6.07, 6.45) is 2.19. The Morgan fingerprint density at radius 3 is 2.81 bits per heavy atom. The molecule has 3 aliphatic rings. The number of fused-ring (bicyclic) bond motifs is 9. The van der Waals surface area contributed by atoms with Crippen molar-refractivity contribution in [2.45, 2.75) is 57.7 Å². The summed E-state index contributed by atoms with van der Waals surface area (Å²) in [5, 5.41) is 24.7. The fourth-order valence-corrected chi connectivity index (χ4v) is 7.55. The molecule has 6 atom stereocenters. The molecule has 10 nitrogen and oxygen atoms in total. The summed E-state index contributed by atoms with van der Waals surface area (Å²) in [6, 6.07) is 18.1. The highest BCUT2D eigenvalue weighted by Crippen LogP contribution is 2.48. The normalized spacial score (nSPS) is 23.9. The van der Waals surface area contributed by atoms with Crippen molar-refractivity contribution in [2.75, 3.05) is 16.7 Å². The molecule has 4 aromatic rings. The van der Waals surface area contributed by atoms with E-state index in [0.717, 1.165) is 46.6 Å². The third kappa shape index (κ3) is 4.37. The molecule has 1 fully saturated rings. The quantitative estimate of drug-likeness (QED) is 0.293. The van der Waals surface area contributed by atoms with Gasteiger partial charge in [-0.3, -0.25) is 14.8 Å². The number of amides is 1. The molecule has 5 heterocycles. The van der Waals surface area contributed by atoms with Gasteiger partial charge < -0.3 is 30.2 Å². The predicted molar refractivity (Wildman–Crippen MR) is 160 cm³/mol. The molecular formula is C32H35N6O4-. The highest BCUT2D eigenvalue weighted by Gasteiger charge is 2.49. The zero-order valence-electron chi connectivity index (χ0n) is 23.7. The zero-order chi connectivity index (χ0) is 29.1. The molecule has 0 aliphatic carbocycles. The van der Waals surface area contributed by atoms with Gasteiger partial charge in [0, 0.05) is 42.5 Å². The van der Waals surface area contributed by atoms with Crippen molar-refractivity contribution in [3.63, 3.8) is 0 Å². The molecule has 2 bridgehead atoms. The number of carbonyl (C=O) groups excluding carboxylic acids is 1. The number of anilines is 2. The average Bonchev–Trinajstić information content (AvgIpc) is 3.43. The maximum Gasteiger partial charge on any atom is 0.250 e. The van der Waals surface area contributed by atoms with Gasteiger partial charge >= 0.3 is 0 Å². The molecule has 10 heteroatoms. The van der Waals surface area contributed by atoms with Crippen molar-refractivity contribution in [3.05, 3.63) is 93.3 Å². The molecule has 6 unspecified atom stereocenters. The first-order valence-electron chi connectivity index (χ1n) is 14.8. The minimum atomic E-state index is -0.422. The first-order valence-corrected chi connectivity index (χ1v) is 14.8. The van der Waals surface area contributed by atoms with Gasteiger partial charge in [0.1, 0.15) is 5.82 Å². The minimum Gasteiger partial charge on any atom is -0.733 e. The number of H-pyrrole nitrogens is 1. The Hall–Kier alpha value is -4.15. The van der Waals surface area contributed by atoms with E-state index in [-0.39, 0.29) is 52.2 Å². The topological polar surface area (TPSA) is 130 Å². The van der Waals surface area contributed by atoms with Crippen molar-refractivity contribution in [2.24, 2.45) is 17.8 Å². The Balaban J connectivity index is 1.28. The number of hydrogen-bond donors (Lipinski definition) is 3. The fraction of sp³-hybridized carbons (Fsp3) is 0.406. The van der Waals surface area contributed by atoms with Crippen LogP contribution in [0.25, 0.3) is 11.0 Å². The number of carbonyl (C=O) groups is 1. The van der Waals surface area contributed by atoms with Crippen LogP contribution >= 0.6 is 0 Å². The molecule has 2 aromatic carbocycles. The van der Waals surface area contributed by atoms with Crippen LogP contribution in [0.5, 0.6) is 0 Å². The van der Waals surface area contributed by atoms with Crippen LogP contribution in [0, 0.1) is 23.0 Å². The van der Waals surface area contributed by atoms with Crippen LogP contribution in [0.2, 0.25) is 0 Å². The van der Waals surface area contributed by atoms with Crippen LogP contribution in [0.4, 0.5) is 11.4 Å². The number of hydrogen-bond acceptors (Lipinski definition) is 7. The van der Waals surface area contributed by atoms with E-state index in [9.17, 15) is 20.0 Å². The lowest BCUT2D eigenvalue weighted by Crippen LogP contribution is -2.61. The van der Waals surface area contributed by atoms with Crippen LogP contribution in [0.3, 0.4) is 0 Å². The molecule has 7 rings (SSSR count). The summed E-state index contributed by atoms with van der Waals surface area (Å²) < 4.78 is 1.89. The van der Waals surface area contributed by atoms with Crippen molar-refractivity contribution in [3.8, 4) is 0 Å². The Labute approximate surface area is 243 Å². The van der Waals surface area contributed by atoms with Gasteiger partial charge in [-0.2, -0.15) is 0 Å². The number of nitrogens with one attached hydrogen (secondary N) is 2. The number of aromatic amines is 1. The third-order valence-corrected chi connectivity index (χ3v) is 9.76. The van der Waals surface area contributed by atoms with E-state index >= 15 is 0 Å². The number of pyridine rings is 1. The molecule has 3 aliphatic heterocycles. The summed E-state index contributed by atoms with van der Waals surface area (Å²) in [7, 11) is 0. The maximum atomic E-state index is 14.4. The molecule has 3 N–H and O–H groups in total. The van der Waals surface area contributed by atoms with Crippen molar-refractivity contribution >= 4 is 28.3 Å². The zero-order valence-corrected chi connectivity index (χ0v) is 23.7. The highest BCUT2D eigenvalue weighted by atomic mass is 16.8. The SMILES string of the molecule is CCC(C)C(NC(=O)C1Cc2cc(N([O-])O)ccc2N2CC3CC(Cn4c3cccc4=O)C12)c1nc2ccccc2[nH]1. The number of aromatic nitrogens is 3. The Morgan fingerprint density at radius 1 is 1.19 bits per heavy atom. The summed E-state index contributed by atoms with van der Waals surface area (Å²) in [6.45, 7) is 5.45. The minimum absolute atomic E-state index is 0.00212. The Morgan fingerprint density at radius 2 is 2.02 bits per heavy atom. The monoisotopic (exact) mass is 567 g/mol. The standard InChI is InChI=1S/C32H35N6O4/c1-3-18(2)29(31-33-24-7-4-5-8-25(24)34-31)35-32(40)23-15-19-14-22(38(41)42)11-12-27(19)37-16-20-13-21(30(23)37)17-36-26(20)9-6-10-28(36)39/h4-12,14,18,20-21,23,29-30,41H,3,13,15-17H2,1-2H3,(H,33,34)(H,35,40)/q-1. The van der Waals surface area contributed by atoms with Crippen molar-refractivity contribution in [1.82, 2.24) is 19.9 Å². The molecule has 2 aromatic heterocycles. The first-order chi connectivity index (χ1) is 20.3. The molecule has 42 heavy (non-hydrogen) atoms. The van der Waals surface area contributed by atoms with Gasteiger partial charge in [0.25, 0.3) is 5.56 Å². The second-order valence-corrected chi connectivity index (χ2v) is 12.1. The predicted octanol–water partition coefficient (Wildman–Crippen LogP) is 4.49. The highest BCUT2D eigenvalue weighted by molar-refractivity contribution is 5.83. The lowest BCUT2D eigenvalue weighted by molar-refractivity contribution is -0.128. The fourth-order valence-electron chi connectivity index (χ4n) is 7.55. The number of piperidine rings is 1. The van der Waals surface area contributed by atoms with E-state index in [1.165, 1.54) is 0 Å². The van der Waals surface area contributed by atoms with Crippen LogP contribution in [-0.4, -0.2) is 38.2 Å². The third-order valence-electron chi connectivity index (χ3n) is 9.76. The second kappa shape index (κ2) is 10.3. The van der Waals surface area contributed by atoms with Gasteiger partial charge in [-0.15, -0.1) is 0 Å². The average molecular weight is 568 g/mol. The molecule has 0 spiro atoms. The molecule has 0 saturated carbocycles. The van der Waals surface area contributed by atoms with Crippen LogP contribution in [0.15, 0.2) is 65.5 Å². The Bertz CT molecular complexity index is 1680. The van der Waals surface area contributed by atoms with E-state index in [4.69, 9.17) is 4.98 Å². The van der Waals surface area contributed by atoms with E-state index in [1.54, 1.807) is 18.2 Å². The number of benzene rings is 2. The summed E-state index contributed by atoms with van der Waals surface area (Å²) >= 11 is 0. The summed E-state index contributed by atoms with van der Waals surface area (Å²) in [4.78, 5) is 37.8. The van der Waals surface area contributed by atoms with Crippen molar-refractivity contribution < 1.29 is 10.0 Å². The molecule has 0 radical (unpaired) electrons. The number of para-hydroxylation sites is 2. The number of rotatable bonds is 6. The van der Waals surface area contributed by atoms with Gasteiger partial charge in [0.05, 0.1) is 28.7 Å². The van der Waals surface area contributed by atoms with Gasteiger partial charge in [-0.05, 0) is 66.6 Å². The van der Waals surface area contributed by atoms with E-state index in [0.29, 0.717) is 19.5 Å². The van der Waals surface area contributed by atoms with E-state index < -0.39 is 5.92 Å². The van der Waals surface area contributed by atoms with E-state index in [2.05, 4.69) is 29.0 Å². The molecule has 1 amide bonds. The number of nitrogens with zero attached hydrogens (tertiary/aromatic N) is 4. The first kappa shape index (κ1) is 26.7. The molecule has 218 valence electrons. The summed E-state index contributed by atoms with van der Waals surface area (Å²) in [5.41, 5.74) is 4.79. The van der Waals surface area contributed by atoms with E-state index in [1.807, 2.05) is 47.0 Å². The van der Waals surface area contributed by atoms with Crippen molar-refractivity contribution in [1.29, 1.82) is 0 Å². The summed E-state index contributed by atoms with van der Waals surface area (Å²) in [5.74, 6) is 0.627. The second-order valence-electron chi connectivity index (χ2n) is 12.1. The van der Waals surface area contributed by atoms with Crippen LogP contribution in [-0.2, 0) is 17.8 Å². The largest absolute Gasteiger partial charge is 0.733 e. The van der Waals surface area contributed by atoms with Gasteiger partial charge in [0.2, 0.25) is 5.91 Å². The maximum absolute atomic E-state index is 14.4. The van der Waals surface area contributed by atoms with Crippen LogP contribution in [0.1, 0.15) is 55.7 Å². The molecule has 1 saturated heterocycles. The number of imidazole rings is 1.